The fraction of sp³-hybridized carbons (Fsp3) is 0.436. The first-order valence-electron chi connectivity index (χ1n) is 17.8. The zero-order valence-electron chi connectivity index (χ0n) is 31.0. The van der Waals surface area contributed by atoms with Crippen molar-refractivity contribution in [2.75, 3.05) is 26.9 Å². The van der Waals surface area contributed by atoms with Gasteiger partial charge >= 0.3 is 0 Å². The Hall–Kier alpha value is -4.77. The van der Waals surface area contributed by atoms with Crippen LogP contribution in [0, 0.1) is 18.3 Å². The molecule has 0 bridgehead atoms. The number of hydrogen-bond acceptors (Lipinski definition) is 16. The molecule has 1 heterocycles. The lowest BCUT2D eigenvalue weighted by Crippen LogP contribution is -2.57. The van der Waals surface area contributed by atoms with E-state index in [2.05, 4.69) is 5.32 Å². The van der Waals surface area contributed by atoms with Crippen LogP contribution < -0.4 is 10.1 Å². The number of phenolic OH excluding ortho intramolecular Hbond substituents is 2. The summed E-state index contributed by atoms with van der Waals surface area (Å²) in [6.45, 7) is 3.81. The fourth-order valence-electron chi connectivity index (χ4n) is 7.35. The van der Waals surface area contributed by atoms with Crippen molar-refractivity contribution in [3.63, 3.8) is 0 Å². The summed E-state index contributed by atoms with van der Waals surface area (Å²) in [5, 5.41) is 58.7. The average molecular weight is 795 g/mol. The van der Waals surface area contributed by atoms with Crippen molar-refractivity contribution < 1.29 is 66.4 Å². The minimum atomic E-state index is -4.02. The monoisotopic (exact) mass is 794 g/mol. The van der Waals surface area contributed by atoms with E-state index in [-0.39, 0.29) is 59.1 Å². The minimum Gasteiger partial charge on any atom is -0.507 e. The van der Waals surface area contributed by atoms with Crippen LogP contribution in [0.2, 0.25) is 0 Å². The predicted molar refractivity (Wildman–Crippen MR) is 194 cm³/mol. The number of nitriles is 1. The third-order valence-corrected chi connectivity index (χ3v) is 11.7. The number of nitrogens with zero attached hydrogens (tertiary/aromatic N) is 1. The number of aliphatic hydroxyl groups is 2. The summed E-state index contributed by atoms with van der Waals surface area (Å²) >= 11 is 0. The number of aryl methyl sites for hydroxylation is 1. The lowest BCUT2D eigenvalue weighted by Gasteiger charge is -2.43. The van der Waals surface area contributed by atoms with Gasteiger partial charge in [-0.1, -0.05) is 29.8 Å². The number of methoxy groups -OCH3 is 1. The molecular weight excluding hydrogens is 752 g/mol. The number of ether oxygens (including phenoxy) is 4. The topological polar surface area (TPSA) is 248 Å². The van der Waals surface area contributed by atoms with E-state index in [0.29, 0.717) is 0 Å². The number of phenols is 2. The van der Waals surface area contributed by atoms with Crippen molar-refractivity contribution in [2.45, 2.75) is 87.2 Å². The van der Waals surface area contributed by atoms with Crippen molar-refractivity contribution in [2.24, 2.45) is 0 Å². The maximum Gasteiger partial charge on any atom is 0.297 e. The Bertz CT molecular complexity index is 2200. The van der Waals surface area contributed by atoms with E-state index in [9.17, 15) is 48.5 Å². The molecule has 3 aliphatic rings. The van der Waals surface area contributed by atoms with Crippen LogP contribution in [0.3, 0.4) is 0 Å². The minimum absolute atomic E-state index is 0.0110. The highest BCUT2D eigenvalue weighted by Crippen LogP contribution is 2.52. The van der Waals surface area contributed by atoms with Gasteiger partial charge in [-0.25, -0.2) is 0 Å². The molecule has 0 aromatic heterocycles. The SMILES string of the molecule is COc1cccc2c1C(=O)c1c(O)c3c(c(O)c1C2=O)C[C@@](O)(C(C)=O)C[C@@H]3O[C@H]1CC(NC(C#N)COCCOS(=O)(=O)c2ccc(C)cc2)[C@H](O)[C@H](C)O1. The molecule has 1 aliphatic heterocycles. The van der Waals surface area contributed by atoms with Crippen LogP contribution in [0.15, 0.2) is 47.4 Å². The summed E-state index contributed by atoms with van der Waals surface area (Å²) in [7, 11) is -2.71. The van der Waals surface area contributed by atoms with Crippen molar-refractivity contribution in [1.29, 1.82) is 5.26 Å². The highest BCUT2D eigenvalue weighted by atomic mass is 32.2. The van der Waals surface area contributed by atoms with Crippen molar-refractivity contribution >= 4 is 27.5 Å². The lowest BCUT2D eigenvalue weighted by atomic mass is 9.72. The van der Waals surface area contributed by atoms with E-state index in [1.807, 2.05) is 13.0 Å². The van der Waals surface area contributed by atoms with Crippen LogP contribution >= 0.6 is 0 Å². The highest BCUT2D eigenvalue weighted by Gasteiger charge is 2.49. The Balaban J connectivity index is 1.20. The normalized spacial score (nSPS) is 25.1. The van der Waals surface area contributed by atoms with Gasteiger partial charge in [-0.3, -0.25) is 23.9 Å². The van der Waals surface area contributed by atoms with Crippen molar-refractivity contribution in [1.82, 2.24) is 5.32 Å². The summed E-state index contributed by atoms with van der Waals surface area (Å²) in [5.41, 5.74) is -2.70. The Labute approximate surface area is 322 Å². The molecule has 0 saturated carbocycles. The molecule has 0 radical (unpaired) electrons. The molecule has 7 atom stereocenters. The molecule has 6 rings (SSSR count). The Morgan fingerprint density at radius 2 is 1.77 bits per heavy atom. The molecule has 16 nitrogen and oxygen atoms in total. The van der Waals surface area contributed by atoms with E-state index < -0.39 is 105 Å². The number of Topliss-reactive ketones (excluding diaryl/α,β-unsaturated/α-hetero) is 1. The zero-order chi connectivity index (χ0) is 40.7. The van der Waals surface area contributed by atoms with Crippen LogP contribution in [0.1, 0.15) is 81.3 Å². The summed E-state index contributed by atoms with van der Waals surface area (Å²) in [6.07, 6.45) is -5.69. The lowest BCUT2D eigenvalue weighted by molar-refractivity contribution is -0.250. The number of nitrogens with one attached hydrogen (secondary N) is 1. The molecule has 3 aromatic carbocycles. The van der Waals surface area contributed by atoms with Gasteiger partial charge in [0.1, 0.15) is 28.9 Å². The van der Waals surface area contributed by atoms with Gasteiger partial charge in [0, 0.05) is 42.0 Å². The maximum atomic E-state index is 13.9. The number of ketones is 3. The summed E-state index contributed by atoms with van der Waals surface area (Å²) in [6, 6.07) is 10.7. The summed E-state index contributed by atoms with van der Waals surface area (Å²) in [5.74, 6) is -3.57. The van der Waals surface area contributed by atoms with Crippen molar-refractivity contribution in [3.8, 4) is 23.3 Å². The van der Waals surface area contributed by atoms with E-state index >= 15 is 0 Å². The molecule has 5 N–H and O–H groups in total. The van der Waals surface area contributed by atoms with Gasteiger partial charge in [0.15, 0.2) is 17.9 Å². The number of rotatable bonds is 13. The summed E-state index contributed by atoms with van der Waals surface area (Å²) < 4.78 is 53.0. The van der Waals surface area contributed by atoms with E-state index in [1.54, 1.807) is 19.1 Å². The first kappa shape index (κ1) is 40.9. The smallest absolute Gasteiger partial charge is 0.297 e. The first-order chi connectivity index (χ1) is 26.5. The molecule has 2 aliphatic carbocycles. The second kappa shape index (κ2) is 16.0. The number of benzene rings is 3. The third kappa shape index (κ3) is 7.66. The van der Waals surface area contributed by atoms with Gasteiger partial charge in [-0.2, -0.15) is 13.7 Å². The number of carbonyl (C=O) groups excluding carboxylic acids is 3. The Kier molecular flexibility index (Phi) is 11.7. The van der Waals surface area contributed by atoms with Gasteiger partial charge in [0.2, 0.25) is 5.78 Å². The largest absolute Gasteiger partial charge is 0.507 e. The molecule has 1 saturated heterocycles. The van der Waals surface area contributed by atoms with Gasteiger partial charge in [0.25, 0.3) is 10.1 Å². The number of fused-ring (bicyclic) bond motifs is 3. The molecule has 298 valence electrons. The average Bonchev–Trinajstić information content (AvgIpc) is 3.16. The number of aromatic hydroxyl groups is 2. The van der Waals surface area contributed by atoms with Crippen LogP contribution in [-0.2, 0) is 39.7 Å². The highest BCUT2D eigenvalue weighted by molar-refractivity contribution is 7.86. The van der Waals surface area contributed by atoms with Crippen LogP contribution in [0.4, 0.5) is 0 Å². The zero-order valence-corrected chi connectivity index (χ0v) is 31.8. The second-order valence-electron chi connectivity index (χ2n) is 14.1. The van der Waals surface area contributed by atoms with Crippen LogP contribution in [-0.4, -0.2) is 109 Å². The standard InChI is InChI=1S/C39H42N2O14S/c1-19-8-10-23(11-9-19)56(49,50)53-13-12-52-18-22(17-40)41-26-14-29(54-20(2)34(26)43)55-28-16-39(48,21(3)42)15-25-31(28)38(47)33-32(36(25)45)35(44)24-6-5-7-27(51-4)30(24)37(33)46/h5-11,20,22,26,28-29,34,41,43,45,47-48H,12-16,18H2,1-4H3/t20-,22?,26?,28-,29-,34+,39-/m0/s1. The van der Waals surface area contributed by atoms with Crippen molar-refractivity contribution in [3.05, 3.63) is 81.4 Å². The summed E-state index contributed by atoms with van der Waals surface area (Å²) in [4.78, 5) is 40.5. The Morgan fingerprint density at radius 3 is 2.43 bits per heavy atom. The van der Waals surface area contributed by atoms with Gasteiger partial charge in [-0.15, -0.1) is 0 Å². The van der Waals surface area contributed by atoms with Gasteiger partial charge in [0.05, 0.1) is 72.9 Å². The third-order valence-electron chi connectivity index (χ3n) is 10.4. The predicted octanol–water partition coefficient (Wildman–Crippen LogP) is 2.28. The molecular formula is C39H42N2O14S. The molecule has 17 heteroatoms. The maximum absolute atomic E-state index is 13.9. The quantitative estimate of drug-likeness (QED) is 0.0740. The van der Waals surface area contributed by atoms with Gasteiger partial charge in [-0.05, 0) is 39.0 Å². The Morgan fingerprint density at radius 1 is 1.07 bits per heavy atom. The van der Waals surface area contributed by atoms with E-state index in [1.165, 1.54) is 37.4 Å². The number of aliphatic hydroxyl groups excluding tert-OH is 1. The molecule has 56 heavy (non-hydrogen) atoms. The number of hydrogen-bond donors (Lipinski definition) is 5. The van der Waals surface area contributed by atoms with Crippen LogP contribution in [0.5, 0.6) is 17.2 Å². The van der Waals surface area contributed by atoms with E-state index in [0.717, 1.165) is 12.5 Å². The molecule has 1 fully saturated rings. The molecule has 3 aromatic rings. The second-order valence-corrected chi connectivity index (χ2v) is 15.7. The van der Waals surface area contributed by atoms with Gasteiger partial charge < -0.3 is 39.4 Å². The molecule has 0 spiro atoms. The molecule has 2 unspecified atom stereocenters. The first-order valence-corrected chi connectivity index (χ1v) is 19.2. The van der Waals surface area contributed by atoms with Crippen LogP contribution in [0.25, 0.3) is 0 Å². The number of carbonyl (C=O) groups is 3. The van der Waals surface area contributed by atoms with E-state index in [4.69, 9.17) is 23.1 Å². The fourth-order valence-corrected chi connectivity index (χ4v) is 8.24. The molecule has 0 amide bonds.